The highest BCUT2D eigenvalue weighted by atomic mass is 32.2. The van der Waals surface area contributed by atoms with Crippen molar-refractivity contribution >= 4 is 11.8 Å². The highest BCUT2D eigenvalue weighted by Gasteiger charge is 2.41. The lowest BCUT2D eigenvalue weighted by molar-refractivity contribution is -0.113. The maximum atomic E-state index is 6.25. The third-order valence-electron chi connectivity index (χ3n) is 5.43. The molecule has 0 radical (unpaired) electrons. The molecule has 2 unspecified atom stereocenters. The van der Waals surface area contributed by atoms with Crippen LogP contribution in [0.25, 0.3) is 0 Å². The van der Waals surface area contributed by atoms with Crippen molar-refractivity contribution in [2.45, 2.75) is 50.2 Å². The SMILES string of the molecule is CNCC1CCCN(C2CCOC3(CCSCC3)C2)C1. The Balaban J connectivity index is 1.58. The Labute approximate surface area is 128 Å². The van der Waals surface area contributed by atoms with Gasteiger partial charge in [0.25, 0.3) is 0 Å². The van der Waals surface area contributed by atoms with Gasteiger partial charge in [0.05, 0.1) is 5.60 Å². The maximum absolute atomic E-state index is 6.25. The van der Waals surface area contributed by atoms with Gasteiger partial charge in [0.15, 0.2) is 0 Å². The fraction of sp³-hybridized carbons (Fsp3) is 1.00. The third-order valence-corrected chi connectivity index (χ3v) is 6.42. The normalized spacial score (nSPS) is 35.2. The van der Waals surface area contributed by atoms with E-state index in [0.29, 0.717) is 0 Å². The number of ether oxygens (including phenoxy) is 1. The van der Waals surface area contributed by atoms with Gasteiger partial charge in [0.2, 0.25) is 0 Å². The first-order chi connectivity index (χ1) is 9.81. The summed E-state index contributed by atoms with van der Waals surface area (Å²) in [4.78, 5) is 2.79. The number of thioether (sulfide) groups is 1. The van der Waals surface area contributed by atoms with E-state index >= 15 is 0 Å². The summed E-state index contributed by atoms with van der Waals surface area (Å²) in [6.07, 6.45) is 7.89. The molecule has 3 fully saturated rings. The second kappa shape index (κ2) is 6.99. The van der Waals surface area contributed by atoms with Crippen LogP contribution >= 0.6 is 11.8 Å². The smallest absolute Gasteiger partial charge is 0.0713 e. The Bertz CT molecular complexity index is 299. The average Bonchev–Trinajstić information content (AvgIpc) is 2.49. The van der Waals surface area contributed by atoms with E-state index in [0.717, 1.165) is 18.6 Å². The third kappa shape index (κ3) is 3.52. The summed E-state index contributed by atoms with van der Waals surface area (Å²) in [5, 5.41) is 3.36. The van der Waals surface area contributed by atoms with Crippen LogP contribution in [0.15, 0.2) is 0 Å². The molecular weight excluding hydrogens is 268 g/mol. The van der Waals surface area contributed by atoms with Crippen molar-refractivity contribution in [2.75, 3.05) is 44.8 Å². The first kappa shape index (κ1) is 15.1. The van der Waals surface area contributed by atoms with Gasteiger partial charge in [-0.15, -0.1) is 0 Å². The van der Waals surface area contributed by atoms with E-state index in [1.165, 1.54) is 69.7 Å². The van der Waals surface area contributed by atoms with Crippen molar-refractivity contribution in [1.29, 1.82) is 0 Å². The maximum Gasteiger partial charge on any atom is 0.0713 e. The number of nitrogens with zero attached hydrogens (tertiary/aromatic N) is 1. The van der Waals surface area contributed by atoms with Crippen LogP contribution in [0.3, 0.4) is 0 Å². The molecule has 1 spiro atoms. The largest absolute Gasteiger partial charge is 0.375 e. The molecule has 0 bridgehead atoms. The second-order valence-corrected chi connectivity index (χ2v) is 8.08. The minimum absolute atomic E-state index is 0.240. The molecule has 1 N–H and O–H groups in total. The van der Waals surface area contributed by atoms with E-state index in [1.807, 2.05) is 0 Å². The van der Waals surface area contributed by atoms with Crippen LogP contribution in [0.2, 0.25) is 0 Å². The zero-order chi connectivity index (χ0) is 13.8. The summed E-state index contributed by atoms with van der Waals surface area (Å²) in [5.41, 5.74) is 0.240. The van der Waals surface area contributed by atoms with Crippen LogP contribution in [0, 0.1) is 5.92 Å². The summed E-state index contributed by atoms with van der Waals surface area (Å²) < 4.78 is 6.25. The molecule has 0 amide bonds. The van der Waals surface area contributed by atoms with Crippen LogP contribution in [0.5, 0.6) is 0 Å². The lowest BCUT2D eigenvalue weighted by Crippen LogP contribution is -2.53. The monoisotopic (exact) mass is 298 g/mol. The fourth-order valence-corrected chi connectivity index (χ4v) is 5.53. The van der Waals surface area contributed by atoms with E-state index < -0.39 is 0 Å². The predicted molar refractivity (Wildman–Crippen MR) is 86.5 cm³/mol. The number of hydrogen-bond donors (Lipinski definition) is 1. The zero-order valence-electron chi connectivity index (χ0n) is 12.9. The summed E-state index contributed by atoms with van der Waals surface area (Å²) in [7, 11) is 2.09. The summed E-state index contributed by atoms with van der Waals surface area (Å²) >= 11 is 2.10. The molecule has 20 heavy (non-hydrogen) atoms. The van der Waals surface area contributed by atoms with Gasteiger partial charge in [-0.3, -0.25) is 4.90 Å². The van der Waals surface area contributed by atoms with Crippen molar-refractivity contribution in [3.05, 3.63) is 0 Å². The van der Waals surface area contributed by atoms with Gasteiger partial charge in [-0.1, -0.05) is 0 Å². The molecule has 4 heteroatoms. The fourth-order valence-electron chi connectivity index (χ4n) is 4.29. The molecule has 0 saturated carbocycles. The minimum Gasteiger partial charge on any atom is -0.375 e. The molecular formula is C16H30N2OS. The van der Waals surface area contributed by atoms with E-state index in [1.54, 1.807) is 0 Å². The Morgan fingerprint density at radius 3 is 2.95 bits per heavy atom. The van der Waals surface area contributed by atoms with Gasteiger partial charge in [-0.25, -0.2) is 0 Å². The molecule has 3 aliphatic rings. The number of likely N-dealkylation sites (tertiary alicyclic amines) is 1. The van der Waals surface area contributed by atoms with Crippen LogP contribution in [-0.2, 0) is 4.74 Å². The molecule has 3 heterocycles. The van der Waals surface area contributed by atoms with E-state index in [4.69, 9.17) is 4.74 Å². The highest BCUT2D eigenvalue weighted by molar-refractivity contribution is 7.99. The van der Waals surface area contributed by atoms with Crippen LogP contribution in [-0.4, -0.2) is 61.3 Å². The van der Waals surface area contributed by atoms with Crippen molar-refractivity contribution in [2.24, 2.45) is 5.92 Å². The van der Waals surface area contributed by atoms with Crippen molar-refractivity contribution in [3.8, 4) is 0 Å². The van der Waals surface area contributed by atoms with E-state index in [-0.39, 0.29) is 5.60 Å². The Morgan fingerprint density at radius 1 is 1.30 bits per heavy atom. The van der Waals surface area contributed by atoms with Gasteiger partial charge < -0.3 is 10.1 Å². The number of hydrogen-bond acceptors (Lipinski definition) is 4. The van der Waals surface area contributed by atoms with Gasteiger partial charge >= 0.3 is 0 Å². The average molecular weight is 298 g/mol. The number of nitrogens with one attached hydrogen (secondary N) is 1. The van der Waals surface area contributed by atoms with Crippen LogP contribution in [0.1, 0.15) is 38.5 Å². The van der Waals surface area contributed by atoms with E-state index in [9.17, 15) is 0 Å². The topological polar surface area (TPSA) is 24.5 Å². The van der Waals surface area contributed by atoms with Crippen LogP contribution < -0.4 is 5.32 Å². The van der Waals surface area contributed by atoms with Gasteiger partial charge in [0, 0.05) is 19.2 Å². The number of rotatable bonds is 3. The Hall–Kier alpha value is 0.230. The molecule has 3 nitrogen and oxygen atoms in total. The first-order valence-electron chi connectivity index (χ1n) is 8.42. The molecule has 3 rings (SSSR count). The summed E-state index contributed by atoms with van der Waals surface area (Å²) in [6, 6.07) is 0.784. The first-order valence-corrected chi connectivity index (χ1v) is 9.57. The lowest BCUT2D eigenvalue weighted by Gasteiger charge is -2.48. The Kier molecular flexibility index (Phi) is 5.29. The van der Waals surface area contributed by atoms with Crippen LogP contribution in [0.4, 0.5) is 0 Å². The quantitative estimate of drug-likeness (QED) is 0.864. The van der Waals surface area contributed by atoms with Crippen molar-refractivity contribution in [3.63, 3.8) is 0 Å². The van der Waals surface area contributed by atoms with Gasteiger partial charge in [-0.2, -0.15) is 11.8 Å². The van der Waals surface area contributed by atoms with Gasteiger partial charge in [-0.05, 0) is 76.1 Å². The standard InChI is InChI=1S/C16H30N2OS/c1-17-12-14-3-2-7-18(13-14)15-4-8-19-16(11-15)5-9-20-10-6-16/h14-15,17H,2-13H2,1H3. The zero-order valence-corrected chi connectivity index (χ0v) is 13.7. The molecule has 3 saturated heterocycles. The Morgan fingerprint density at radius 2 is 2.15 bits per heavy atom. The molecule has 0 aromatic carbocycles. The molecule has 0 aliphatic carbocycles. The number of piperidine rings is 1. The second-order valence-electron chi connectivity index (χ2n) is 6.85. The molecule has 116 valence electrons. The predicted octanol–water partition coefficient (Wildman–Crippen LogP) is 2.36. The molecule has 0 aromatic heterocycles. The van der Waals surface area contributed by atoms with Gasteiger partial charge in [0.1, 0.15) is 0 Å². The van der Waals surface area contributed by atoms with Crippen molar-refractivity contribution in [1.82, 2.24) is 10.2 Å². The summed E-state index contributed by atoms with van der Waals surface area (Å²) in [5.74, 6) is 3.46. The molecule has 2 atom stereocenters. The van der Waals surface area contributed by atoms with Crippen molar-refractivity contribution < 1.29 is 4.74 Å². The minimum atomic E-state index is 0.240. The molecule has 3 aliphatic heterocycles. The lowest BCUT2D eigenvalue weighted by atomic mass is 9.83. The van der Waals surface area contributed by atoms with E-state index in [2.05, 4.69) is 29.0 Å². The highest BCUT2D eigenvalue weighted by Crippen LogP contribution is 2.39. The summed E-state index contributed by atoms with van der Waals surface area (Å²) in [6.45, 7) is 4.79. The molecule has 0 aromatic rings.